The Morgan fingerprint density at radius 1 is 1.43 bits per heavy atom. The van der Waals surface area contributed by atoms with Gasteiger partial charge in [0.1, 0.15) is 3.41 Å². The molecule has 0 heterocycles. The number of carbonyl (C=O) groups excluding carboxylic acids is 1. The van der Waals surface area contributed by atoms with Crippen molar-refractivity contribution in [1.29, 1.82) is 0 Å². The Kier molecular flexibility index (Phi) is 11.0. The zero-order valence-electron chi connectivity index (χ0n) is 7.12. The van der Waals surface area contributed by atoms with Crippen LogP contribution >= 0.6 is 37.9 Å². The fourth-order valence-corrected chi connectivity index (χ4v) is 0.704. The second kappa shape index (κ2) is 9.42. The van der Waals surface area contributed by atoms with E-state index in [1.165, 1.54) is 6.08 Å². The molecule has 0 spiro atoms. The van der Waals surface area contributed by atoms with Crippen LogP contribution in [0.1, 0.15) is 6.42 Å². The monoisotopic (exact) mass is 257 g/mol. The number of aliphatic hydroxyl groups is 1. The van der Waals surface area contributed by atoms with Gasteiger partial charge in [-0.15, -0.1) is 0 Å². The van der Waals surface area contributed by atoms with Crippen LogP contribution in [0.5, 0.6) is 0 Å². The Hall–Kier alpha value is -0.140. The van der Waals surface area contributed by atoms with Crippen LogP contribution in [-0.2, 0) is 9.59 Å². The number of hydrogen-bond donors (Lipinski definition) is 5. The van der Waals surface area contributed by atoms with Crippen molar-refractivity contribution >= 4 is 49.9 Å². The summed E-state index contributed by atoms with van der Waals surface area (Å²) in [7, 11) is 0. The summed E-state index contributed by atoms with van der Waals surface area (Å²) in [5, 5.41) is 16.0. The molecule has 0 aliphatic rings. The highest BCUT2D eigenvalue weighted by atomic mass is 32.2. The summed E-state index contributed by atoms with van der Waals surface area (Å²) in [6.45, 7) is 0.0960. The second-order valence-electron chi connectivity index (χ2n) is 2.04. The van der Waals surface area contributed by atoms with Crippen LogP contribution in [0.3, 0.4) is 0 Å². The second-order valence-corrected chi connectivity index (χ2v) is 5.39. The van der Waals surface area contributed by atoms with Gasteiger partial charge in [0, 0.05) is 0 Å². The predicted octanol–water partition coefficient (Wildman–Crippen LogP) is 0.219. The van der Waals surface area contributed by atoms with Crippen molar-refractivity contribution in [3.05, 3.63) is 0 Å². The van der Waals surface area contributed by atoms with Gasteiger partial charge in [-0.3, -0.25) is 4.79 Å². The number of aliphatic imine (C=N–C) groups is 1. The molecule has 5 nitrogen and oxygen atoms in total. The van der Waals surface area contributed by atoms with E-state index in [1.807, 2.05) is 0 Å². The molecule has 0 radical (unpaired) electrons. The van der Waals surface area contributed by atoms with Crippen molar-refractivity contribution in [2.75, 3.05) is 13.2 Å². The van der Waals surface area contributed by atoms with Crippen molar-refractivity contribution in [3.8, 4) is 0 Å². The molecule has 0 amide bonds. The largest absolute Gasteiger partial charge is 0.481 e. The van der Waals surface area contributed by atoms with E-state index in [-0.39, 0.29) is 19.6 Å². The summed E-state index contributed by atoms with van der Waals surface area (Å²) in [4.78, 5) is 22.1. The Morgan fingerprint density at radius 2 is 1.93 bits per heavy atom. The zero-order chi connectivity index (χ0) is 11.6. The van der Waals surface area contributed by atoms with Crippen LogP contribution in [0.2, 0.25) is 0 Å². The molecule has 0 saturated heterocycles. The van der Waals surface area contributed by atoms with E-state index < -0.39 is 9.38 Å². The van der Waals surface area contributed by atoms with E-state index in [4.69, 9.17) is 15.0 Å². The molecule has 0 fully saturated rings. The topological polar surface area (TPSA) is 87.0 Å². The average Bonchev–Trinajstić information content (AvgIpc) is 1.97. The van der Waals surface area contributed by atoms with E-state index in [2.05, 4.69) is 42.9 Å². The summed E-state index contributed by atoms with van der Waals surface area (Å²) in [6.07, 6.45) is 1.12. The third kappa shape index (κ3) is 22.6. The maximum Gasteiger partial charge on any atom is 0.306 e. The Balaban J connectivity index is 0. The first-order chi connectivity index (χ1) is 6.33. The van der Waals surface area contributed by atoms with Crippen LogP contribution < -0.4 is 0 Å². The van der Waals surface area contributed by atoms with Gasteiger partial charge in [0.05, 0.1) is 19.6 Å². The Bertz CT molecular complexity index is 210. The smallest absolute Gasteiger partial charge is 0.306 e. The highest BCUT2D eigenvalue weighted by molar-refractivity contribution is 8.17. The van der Waals surface area contributed by atoms with Crippen LogP contribution in [0, 0.1) is 0 Å². The standard InChI is InChI=1S/C3H5NO2.C3H6O2S3/c5-2-1-4-3-6;4-2(5)1-3(6,7)8/h5H,1-2H2;6-8H,1H2,(H,4,5). The third-order valence-electron chi connectivity index (χ3n) is 0.665. The fourth-order valence-electron chi connectivity index (χ4n) is 0.299. The highest BCUT2D eigenvalue weighted by Gasteiger charge is 2.17. The predicted molar refractivity (Wildman–Crippen MR) is 62.0 cm³/mol. The minimum atomic E-state index is -0.994. The lowest BCUT2D eigenvalue weighted by Crippen LogP contribution is -2.10. The van der Waals surface area contributed by atoms with Crippen molar-refractivity contribution in [3.63, 3.8) is 0 Å². The van der Waals surface area contributed by atoms with Gasteiger partial charge in [0.25, 0.3) is 0 Å². The van der Waals surface area contributed by atoms with E-state index >= 15 is 0 Å². The molecule has 82 valence electrons. The highest BCUT2D eigenvalue weighted by Crippen LogP contribution is 2.27. The van der Waals surface area contributed by atoms with E-state index in [1.54, 1.807) is 0 Å². The first-order valence-corrected chi connectivity index (χ1v) is 4.71. The van der Waals surface area contributed by atoms with Gasteiger partial charge in [-0.1, -0.05) is 0 Å². The number of nitrogens with zero attached hydrogens (tertiary/aromatic N) is 1. The number of aliphatic hydroxyl groups excluding tert-OH is 1. The molecule has 0 rings (SSSR count). The molecule has 8 heteroatoms. The molecular formula is C6H11NO4S3. The lowest BCUT2D eigenvalue weighted by Gasteiger charge is -2.09. The van der Waals surface area contributed by atoms with Gasteiger partial charge >= 0.3 is 5.97 Å². The number of carbonyl (C=O) groups is 1. The molecule has 14 heavy (non-hydrogen) atoms. The summed E-state index contributed by atoms with van der Waals surface area (Å²) in [5.41, 5.74) is 0. The molecule has 0 unspecified atom stereocenters. The van der Waals surface area contributed by atoms with Crippen molar-refractivity contribution < 1.29 is 19.8 Å². The maximum absolute atomic E-state index is 9.87. The van der Waals surface area contributed by atoms with Gasteiger partial charge in [0.15, 0.2) is 0 Å². The van der Waals surface area contributed by atoms with Crippen LogP contribution in [-0.4, -0.2) is 38.8 Å². The number of thiol groups is 3. The minimum absolute atomic E-state index is 0.0742. The third-order valence-corrected chi connectivity index (χ3v) is 1.14. The van der Waals surface area contributed by atoms with E-state index in [9.17, 15) is 4.79 Å². The molecule has 0 aliphatic carbocycles. The van der Waals surface area contributed by atoms with Crippen LogP contribution in [0.25, 0.3) is 0 Å². The molecule has 0 aromatic heterocycles. The molecule has 0 aromatic carbocycles. The van der Waals surface area contributed by atoms with Gasteiger partial charge in [-0.2, -0.15) is 37.9 Å². The number of hydrogen-bond acceptors (Lipinski definition) is 7. The van der Waals surface area contributed by atoms with E-state index in [0.29, 0.717) is 0 Å². The fraction of sp³-hybridized carbons (Fsp3) is 0.667. The van der Waals surface area contributed by atoms with Gasteiger partial charge in [-0.25, -0.2) is 9.79 Å². The zero-order valence-corrected chi connectivity index (χ0v) is 9.80. The summed E-state index contributed by atoms with van der Waals surface area (Å²) in [5.74, 6) is -0.954. The molecule has 0 aromatic rings. The maximum atomic E-state index is 9.87. The Labute approximate surface area is 97.8 Å². The lowest BCUT2D eigenvalue weighted by molar-refractivity contribution is -0.136. The first-order valence-electron chi connectivity index (χ1n) is 3.37. The molecule has 0 bridgehead atoms. The van der Waals surface area contributed by atoms with Crippen LogP contribution in [0.4, 0.5) is 0 Å². The summed E-state index contributed by atoms with van der Waals surface area (Å²) >= 11 is 11.2. The van der Waals surface area contributed by atoms with Gasteiger partial charge in [-0.05, 0) is 0 Å². The summed E-state index contributed by atoms with van der Waals surface area (Å²) < 4.78 is -0.994. The summed E-state index contributed by atoms with van der Waals surface area (Å²) in [6, 6.07) is 0. The molecular weight excluding hydrogens is 246 g/mol. The molecule has 0 atom stereocenters. The molecule has 0 saturated carbocycles. The number of aliphatic carboxylic acids is 1. The SMILES string of the molecule is O=C(O)CC(S)(S)S.O=C=NCCO. The molecule has 0 aliphatic heterocycles. The number of isocyanates is 1. The van der Waals surface area contributed by atoms with Gasteiger partial charge in [0.2, 0.25) is 6.08 Å². The van der Waals surface area contributed by atoms with Crippen molar-refractivity contribution in [2.24, 2.45) is 4.99 Å². The van der Waals surface area contributed by atoms with Crippen molar-refractivity contribution in [1.82, 2.24) is 0 Å². The average molecular weight is 257 g/mol. The number of rotatable bonds is 4. The van der Waals surface area contributed by atoms with Gasteiger partial charge < -0.3 is 10.2 Å². The number of carboxylic acid groups (broad SMARTS) is 1. The number of carboxylic acids is 1. The normalized spacial score (nSPS) is 9.43. The first kappa shape index (κ1) is 16.3. The van der Waals surface area contributed by atoms with E-state index in [0.717, 1.165) is 0 Å². The van der Waals surface area contributed by atoms with Crippen molar-refractivity contribution in [2.45, 2.75) is 9.83 Å². The minimum Gasteiger partial charge on any atom is -0.481 e. The van der Waals surface area contributed by atoms with Crippen LogP contribution in [0.15, 0.2) is 4.99 Å². The quantitative estimate of drug-likeness (QED) is 0.216. The molecule has 2 N–H and O–H groups in total. The lowest BCUT2D eigenvalue weighted by atomic mass is 10.5. The Morgan fingerprint density at radius 3 is 2.00 bits per heavy atom.